The first-order chi connectivity index (χ1) is 5.91. The summed E-state index contributed by atoms with van der Waals surface area (Å²) in [5.41, 5.74) is 0. The molecule has 0 saturated heterocycles. The Hall–Kier alpha value is 0.620. The van der Waals surface area contributed by atoms with Crippen molar-refractivity contribution in [2.24, 2.45) is 0 Å². The molecule has 0 aliphatic heterocycles. The lowest BCUT2D eigenvalue weighted by Crippen LogP contribution is -2.10. The molecule has 2 nitrogen and oxygen atoms in total. The zero-order valence-corrected chi connectivity index (χ0v) is 10.3. The lowest BCUT2D eigenvalue weighted by Gasteiger charge is -1.99. The van der Waals surface area contributed by atoms with Crippen LogP contribution in [-0.4, -0.2) is 38.7 Å². The Balaban J connectivity index is 0. The van der Waals surface area contributed by atoms with Crippen molar-refractivity contribution in [1.29, 1.82) is 0 Å². The zero-order valence-electron chi connectivity index (χ0n) is 8.64. The average molecular weight is 210 g/mol. The van der Waals surface area contributed by atoms with Crippen LogP contribution in [0.2, 0.25) is 0 Å². The third kappa shape index (κ3) is 16.9. The summed E-state index contributed by atoms with van der Waals surface area (Å²) >= 11 is 0. The van der Waals surface area contributed by atoms with E-state index in [-0.39, 0.29) is 0 Å². The van der Waals surface area contributed by atoms with Gasteiger partial charge in [-0.25, -0.2) is 0 Å². The first kappa shape index (κ1) is 15.1. The minimum Gasteiger partial charge on any atom is -0.319 e. The zero-order chi connectivity index (χ0) is 9.66. The molecule has 0 fully saturated rings. The van der Waals surface area contributed by atoms with Gasteiger partial charge in [0.2, 0.25) is 0 Å². The van der Waals surface area contributed by atoms with Crippen LogP contribution in [0.1, 0.15) is 13.8 Å². The highest BCUT2D eigenvalue weighted by atomic mass is 33.1. The first-order valence-corrected chi connectivity index (χ1v) is 6.94. The summed E-state index contributed by atoms with van der Waals surface area (Å²) in [7, 11) is 7.83. The second kappa shape index (κ2) is 17.6. The van der Waals surface area contributed by atoms with Crippen LogP contribution in [0.15, 0.2) is 0 Å². The normalized spacial score (nSPS) is 9.00. The van der Waals surface area contributed by atoms with Crippen LogP contribution < -0.4 is 10.6 Å². The van der Waals surface area contributed by atoms with Crippen molar-refractivity contribution in [2.75, 3.05) is 38.7 Å². The van der Waals surface area contributed by atoms with Crippen LogP contribution in [0.25, 0.3) is 0 Å². The standard InChI is InChI=1S/C6H16N2S2.C2H6/c1-7-3-5-9-10-6-4-8-2;1-2/h7-8H,3-6H2,1-2H3;1-2H3. The largest absolute Gasteiger partial charge is 0.319 e. The molecule has 0 spiro atoms. The van der Waals surface area contributed by atoms with Gasteiger partial charge in [0.05, 0.1) is 0 Å². The van der Waals surface area contributed by atoms with E-state index in [1.807, 2.05) is 49.5 Å². The number of rotatable bonds is 7. The highest BCUT2D eigenvalue weighted by molar-refractivity contribution is 8.76. The van der Waals surface area contributed by atoms with Crippen LogP contribution in [0.5, 0.6) is 0 Å². The molecular weight excluding hydrogens is 188 g/mol. The van der Waals surface area contributed by atoms with Gasteiger partial charge in [0.15, 0.2) is 0 Å². The molecule has 0 bridgehead atoms. The number of nitrogens with one attached hydrogen (secondary N) is 2. The van der Waals surface area contributed by atoms with Crippen molar-refractivity contribution in [3.05, 3.63) is 0 Å². The summed E-state index contributed by atoms with van der Waals surface area (Å²) in [5.74, 6) is 2.40. The Morgan fingerprint density at radius 1 is 0.833 bits per heavy atom. The summed E-state index contributed by atoms with van der Waals surface area (Å²) in [5, 5.41) is 6.22. The molecule has 0 amide bonds. The predicted molar refractivity (Wildman–Crippen MR) is 64.1 cm³/mol. The Bertz CT molecular complexity index is 55.0. The van der Waals surface area contributed by atoms with E-state index in [0.29, 0.717) is 0 Å². The molecule has 0 atom stereocenters. The fourth-order valence-electron chi connectivity index (χ4n) is 0.405. The van der Waals surface area contributed by atoms with E-state index in [0.717, 1.165) is 13.1 Å². The molecule has 0 aromatic carbocycles. The molecule has 0 radical (unpaired) electrons. The third-order valence-electron chi connectivity index (χ3n) is 0.954. The van der Waals surface area contributed by atoms with Crippen molar-refractivity contribution >= 4 is 21.6 Å². The molecule has 0 aromatic heterocycles. The van der Waals surface area contributed by atoms with E-state index in [2.05, 4.69) is 10.6 Å². The van der Waals surface area contributed by atoms with E-state index < -0.39 is 0 Å². The molecule has 76 valence electrons. The summed E-state index contributed by atoms with van der Waals surface area (Å²) in [6.45, 7) is 6.22. The highest BCUT2D eigenvalue weighted by Gasteiger charge is 1.87. The maximum absolute atomic E-state index is 3.11. The molecule has 2 N–H and O–H groups in total. The maximum atomic E-state index is 3.11. The Labute approximate surface area is 85.0 Å². The Morgan fingerprint density at radius 3 is 1.42 bits per heavy atom. The Morgan fingerprint density at radius 2 is 1.17 bits per heavy atom. The van der Waals surface area contributed by atoms with Crippen LogP contribution in [0.3, 0.4) is 0 Å². The molecule has 0 aromatic rings. The fraction of sp³-hybridized carbons (Fsp3) is 1.00. The summed E-state index contributed by atoms with van der Waals surface area (Å²) in [6, 6.07) is 0. The van der Waals surface area contributed by atoms with Gasteiger partial charge in [0.25, 0.3) is 0 Å². The average Bonchev–Trinajstić information content (AvgIpc) is 2.15. The minimum absolute atomic E-state index is 1.11. The SMILES string of the molecule is CC.CNCCSSCCNC. The van der Waals surface area contributed by atoms with Gasteiger partial charge < -0.3 is 10.6 Å². The molecule has 0 saturated carbocycles. The summed E-state index contributed by atoms with van der Waals surface area (Å²) in [6.07, 6.45) is 0. The molecule has 0 unspecified atom stereocenters. The minimum atomic E-state index is 1.11. The van der Waals surface area contributed by atoms with E-state index >= 15 is 0 Å². The van der Waals surface area contributed by atoms with Crippen molar-refractivity contribution in [2.45, 2.75) is 13.8 Å². The van der Waals surface area contributed by atoms with Crippen LogP contribution in [0.4, 0.5) is 0 Å². The second-order valence-electron chi connectivity index (χ2n) is 1.85. The first-order valence-electron chi connectivity index (χ1n) is 4.45. The van der Waals surface area contributed by atoms with Gasteiger partial charge in [0, 0.05) is 24.6 Å². The quantitative estimate of drug-likeness (QED) is 0.494. The van der Waals surface area contributed by atoms with Crippen LogP contribution in [-0.2, 0) is 0 Å². The molecule has 0 aliphatic rings. The number of hydrogen-bond donors (Lipinski definition) is 2. The summed E-state index contributed by atoms with van der Waals surface area (Å²) in [4.78, 5) is 0. The Kier molecular flexibility index (Phi) is 22.2. The lowest BCUT2D eigenvalue weighted by molar-refractivity contribution is 0.871. The van der Waals surface area contributed by atoms with Gasteiger partial charge >= 0.3 is 0 Å². The van der Waals surface area contributed by atoms with E-state index in [4.69, 9.17) is 0 Å². The topological polar surface area (TPSA) is 24.1 Å². The van der Waals surface area contributed by atoms with Gasteiger partial charge in [-0.15, -0.1) is 0 Å². The molecule has 0 heterocycles. The van der Waals surface area contributed by atoms with E-state index in [1.54, 1.807) is 0 Å². The highest BCUT2D eigenvalue weighted by Crippen LogP contribution is 2.18. The van der Waals surface area contributed by atoms with Gasteiger partial charge in [-0.1, -0.05) is 35.4 Å². The van der Waals surface area contributed by atoms with Gasteiger partial charge in [-0.3, -0.25) is 0 Å². The predicted octanol–water partition coefficient (Wildman–Crippen LogP) is 1.83. The monoisotopic (exact) mass is 210 g/mol. The van der Waals surface area contributed by atoms with Gasteiger partial charge in [-0.05, 0) is 14.1 Å². The maximum Gasteiger partial charge on any atom is 0.0162 e. The summed E-state index contributed by atoms with van der Waals surface area (Å²) < 4.78 is 0. The number of hydrogen-bond acceptors (Lipinski definition) is 4. The fourth-order valence-corrected chi connectivity index (χ4v) is 2.42. The smallest absolute Gasteiger partial charge is 0.0162 e. The lowest BCUT2D eigenvalue weighted by atomic mass is 10.8. The van der Waals surface area contributed by atoms with Crippen LogP contribution >= 0.6 is 21.6 Å². The molecule has 0 rings (SSSR count). The van der Waals surface area contributed by atoms with Gasteiger partial charge in [-0.2, -0.15) is 0 Å². The molecule has 0 aliphatic carbocycles. The van der Waals surface area contributed by atoms with Crippen molar-refractivity contribution in [1.82, 2.24) is 10.6 Å². The van der Waals surface area contributed by atoms with Crippen molar-refractivity contribution in [3.8, 4) is 0 Å². The molecule has 12 heavy (non-hydrogen) atoms. The second-order valence-corrected chi connectivity index (χ2v) is 4.55. The van der Waals surface area contributed by atoms with Crippen LogP contribution in [0, 0.1) is 0 Å². The van der Waals surface area contributed by atoms with E-state index in [9.17, 15) is 0 Å². The van der Waals surface area contributed by atoms with Crippen molar-refractivity contribution in [3.63, 3.8) is 0 Å². The third-order valence-corrected chi connectivity index (χ3v) is 3.36. The molecular formula is C8H22N2S2. The van der Waals surface area contributed by atoms with Gasteiger partial charge in [0.1, 0.15) is 0 Å². The van der Waals surface area contributed by atoms with Crippen molar-refractivity contribution < 1.29 is 0 Å². The van der Waals surface area contributed by atoms with E-state index in [1.165, 1.54) is 11.5 Å². The molecule has 4 heteroatoms.